The van der Waals surface area contributed by atoms with E-state index < -0.39 is 12.1 Å². The molecular formula is C19H21F3O2. The van der Waals surface area contributed by atoms with E-state index in [1.807, 2.05) is 30.4 Å². The number of fused-ring (bicyclic) bond motifs is 1. The Morgan fingerprint density at radius 1 is 1.17 bits per heavy atom. The van der Waals surface area contributed by atoms with E-state index in [9.17, 15) is 18.0 Å². The van der Waals surface area contributed by atoms with E-state index in [0.29, 0.717) is 24.2 Å². The third kappa shape index (κ3) is 3.65. The molecule has 3 aliphatic rings. The van der Waals surface area contributed by atoms with Crippen molar-refractivity contribution in [3.8, 4) is 0 Å². The third-order valence-corrected chi connectivity index (χ3v) is 5.09. The van der Waals surface area contributed by atoms with Crippen LogP contribution in [0.25, 0.3) is 0 Å². The maximum Gasteiger partial charge on any atom is 0.391 e. The Hall–Kier alpha value is -1.78. The zero-order valence-electron chi connectivity index (χ0n) is 13.6. The molecule has 3 rings (SSSR count). The van der Waals surface area contributed by atoms with Crippen molar-refractivity contribution >= 4 is 6.29 Å². The van der Waals surface area contributed by atoms with Crippen LogP contribution in [0.5, 0.6) is 0 Å². The minimum atomic E-state index is -4.09. The maximum absolute atomic E-state index is 12.7. The van der Waals surface area contributed by atoms with Crippen LogP contribution in [0.3, 0.4) is 0 Å². The van der Waals surface area contributed by atoms with Crippen molar-refractivity contribution in [2.75, 3.05) is 0 Å². The average molecular weight is 338 g/mol. The van der Waals surface area contributed by atoms with Gasteiger partial charge < -0.3 is 4.74 Å². The van der Waals surface area contributed by atoms with Crippen LogP contribution in [0.1, 0.15) is 32.6 Å². The fraction of sp³-hybridized carbons (Fsp3) is 0.526. The summed E-state index contributed by atoms with van der Waals surface area (Å²) in [5.74, 6) is -0.0313. The highest BCUT2D eigenvalue weighted by Gasteiger charge is 2.41. The lowest BCUT2D eigenvalue weighted by atomic mass is 9.79. The van der Waals surface area contributed by atoms with Crippen LogP contribution in [0, 0.1) is 17.8 Å². The average Bonchev–Trinajstić information content (AvgIpc) is 2.54. The number of halogens is 3. The van der Waals surface area contributed by atoms with Crippen LogP contribution >= 0.6 is 0 Å². The van der Waals surface area contributed by atoms with Crippen LogP contribution in [0.2, 0.25) is 0 Å². The molecule has 1 fully saturated rings. The molecule has 2 atom stereocenters. The van der Waals surface area contributed by atoms with E-state index in [0.717, 1.165) is 11.9 Å². The van der Waals surface area contributed by atoms with Crippen LogP contribution < -0.4 is 0 Å². The molecule has 0 radical (unpaired) electrons. The number of ether oxygens (including phenoxy) is 1. The largest absolute Gasteiger partial charge is 0.491 e. The number of hydrogen-bond acceptors (Lipinski definition) is 2. The standard InChI is InChI=1S/C19H21F3O2/c1-12-8-17(10-14-9-13(11-23)2-7-18(12)14)24-16-5-3-15(4-6-16)19(20,21)22/h2,7-12,15-16,18H,3-6H2,1H3/t12?,15-,16+,18?. The summed E-state index contributed by atoms with van der Waals surface area (Å²) in [7, 11) is 0. The second-order valence-electron chi connectivity index (χ2n) is 6.85. The number of rotatable bonds is 3. The van der Waals surface area contributed by atoms with Crippen LogP contribution in [-0.2, 0) is 9.53 Å². The van der Waals surface area contributed by atoms with Gasteiger partial charge in [0.25, 0.3) is 0 Å². The number of hydrogen-bond donors (Lipinski definition) is 0. The first-order valence-corrected chi connectivity index (χ1v) is 8.38. The fourth-order valence-corrected chi connectivity index (χ4v) is 3.70. The van der Waals surface area contributed by atoms with Gasteiger partial charge in [0.1, 0.15) is 12.0 Å². The van der Waals surface area contributed by atoms with E-state index in [-0.39, 0.29) is 30.8 Å². The van der Waals surface area contributed by atoms with Gasteiger partial charge in [-0.25, -0.2) is 0 Å². The van der Waals surface area contributed by atoms with E-state index >= 15 is 0 Å². The molecule has 0 saturated heterocycles. The first kappa shape index (κ1) is 17.1. The molecular weight excluding hydrogens is 317 g/mol. The number of carbonyl (C=O) groups is 1. The molecule has 0 aliphatic heterocycles. The van der Waals surface area contributed by atoms with Gasteiger partial charge in [-0.15, -0.1) is 0 Å². The van der Waals surface area contributed by atoms with Crippen molar-refractivity contribution in [1.82, 2.24) is 0 Å². The molecule has 2 nitrogen and oxygen atoms in total. The van der Waals surface area contributed by atoms with Crippen LogP contribution in [0.4, 0.5) is 13.2 Å². The normalized spacial score (nSPS) is 33.1. The lowest BCUT2D eigenvalue weighted by Gasteiger charge is -2.33. The van der Waals surface area contributed by atoms with E-state index in [1.165, 1.54) is 0 Å². The molecule has 2 unspecified atom stereocenters. The van der Waals surface area contributed by atoms with Gasteiger partial charge in [-0.2, -0.15) is 13.2 Å². The second-order valence-corrected chi connectivity index (χ2v) is 6.85. The third-order valence-electron chi connectivity index (χ3n) is 5.09. The van der Waals surface area contributed by atoms with Gasteiger partial charge in [0.2, 0.25) is 0 Å². The quantitative estimate of drug-likeness (QED) is 0.685. The van der Waals surface area contributed by atoms with Crippen molar-refractivity contribution in [1.29, 1.82) is 0 Å². The van der Waals surface area contributed by atoms with Crippen LogP contribution in [0.15, 0.2) is 47.3 Å². The summed E-state index contributed by atoms with van der Waals surface area (Å²) >= 11 is 0. The topological polar surface area (TPSA) is 26.3 Å². The predicted molar refractivity (Wildman–Crippen MR) is 85.0 cm³/mol. The summed E-state index contributed by atoms with van der Waals surface area (Å²) in [6.07, 6.45) is 7.30. The Bertz CT molecular complexity index is 617. The zero-order chi connectivity index (χ0) is 17.3. The molecule has 0 amide bonds. The lowest BCUT2D eigenvalue weighted by molar-refractivity contribution is -0.186. The Balaban J connectivity index is 1.64. The highest BCUT2D eigenvalue weighted by molar-refractivity contribution is 5.79. The van der Waals surface area contributed by atoms with Crippen molar-refractivity contribution in [2.45, 2.75) is 44.9 Å². The first-order chi connectivity index (χ1) is 11.4. The molecule has 0 bridgehead atoms. The highest BCUT2D eigenvalue weighted by atomic mass is 19.4. The maximum atomic E-state index is 12.7. The number of carbonyl (C=O) groups excluding carboxylic acids is 1. The minimum absolute atomic E-state index is 0.133. The molecule has 5 heteroatoms. The van der Waals surface area contributed by atoms with Crippen molar-refractivity contribution in [3.63, 3.8) is 0 Å². The van der Waals surface area contributed by atoms with Gasteiger partial charge in [0.05, 0.1) is 12.0 Å². The summed E-state index contributed by atoms with van der Waals surface area (Å²) in [5.41, 5.74) is 1.64. The Kier molecular flexibility index (Phi) is 4.70. The first-order valence-electron chi connectivity index (χ1n) is 8.38. The number of aldehydes is 1. The summed E-state index contributed by atoms with van der Waals surface area (Å²) in [5, 5.41) is 0. The van der Waals surface area contributed by atoms with E-state index in [1.54, 1.807) is 0 Å². The SMILES string of the molecule is CC1C=C(O[C@H]2CC[C@@H](C(F)(F)F)CC2)C=C2C=C(C=O)C=CC21. The van der Waals surface area contributed by atoms with Crippen molar-refractivity contribution in [3.05, 3.63) is 47.3 Å². The molecule has 0 spiro atoms. The van der Waals surface area contributed by atoms with E-state index in [2.05, 4.69) is 6.92 Å². The molecule has 1 saturated carbocycles. The molecule has 0 aromatic rings. The Morgan fingerprint density at radius 3 is 2.50 bits per heavy atom. The Morgan fingerprint density at radius 2 is 1.88 bits per heavy atom. The van der Waals surface area contributed by atoms with Gasteiger partial charge in [-0.05, 0) is 55.4 Å². The summed E-state index contributed by atoms with van der Waals surface area (Å²) in [6, 6.07) is 0. The molecule has 0 heterocycles. The van der Waals surface area contributed by atoms with Crippen molar-refractivity contribution < 1.29 is 22.7 Å². The molecule has 0 aromatic heterocycles. The zero-order valence-corrected chi connectivity index (χ0v) is 13.6. The van der Waals surface area contributed by atoms with Gasteiger partial charge in [0.15, 0.2) is 0 Å². The second kappa shape index (κ2) is 6.61. The number of allylic oxidation sites excluding steroid dienone is 7. The van der Waals surface area contributed by atoms with Gasteiger partial charge in [0, 0.05) is 11.5 Å². The summed E-state index contributed by atoms with van der Waals surface area (Å²) in [4.78, 5) is 10.9. The number of alkyl halides is 3. The Labute approximate surface area is 139 Å². The molecule has 0 aromatic carbocycles. The minimum Gasteiger partial charge on any atom is -0.491 e. The monoisotopic (exact) mass is 338 g/mol. The highest BCUT2D eigenvalue weighted by Crippen LogP contribution is 2.40. The smallest absolute Gasteiger partial charge is 0.391 e. The van der Waals surface area contributed by atoms with Gasteiger partial charge >= 0.3 is 6.18 Å². The van der Waals surface area contributed by atoms with Crippen molar-refractivity contribution in [2.24, 2.45) is 17.8 Å². The molecule has 130 valence electrons. The van der Waals surface area contributed by atoms with Crippen LogP contribution in [-0.4, -0.2) is 18.6 Å². The molecule has 0 N–H and O–H groups in total. The van der Waals surface area contributed by atoms with Gasteiger partial charge in [-0.1, -0.05) is 19.1 Å². The van der Waals surface area contributed by atoms with E-state index in [4.69, 9.17) is 4.74 Å². The van der Waals surface area contributed by atoms with Gasteiger partial charge in [-0.3, -0.25) is 4.79 Å². The predicted octanol–water partition coefficient (Wildman–Crippen LogP) is 4.90. The molecule has 24 heavy (non-hydrogen) atoms. The lowest BCUT2D eigenvalue weighted by Crippen LogP contribution is -2.30. The molecule has 3 aliphatic carbocycles. The fourth-order valence-electron chi connectivity index (χ4n) is 3.70. The summed E-state index contributed by atoms with van der Waals surface area (Å²) < 4.78 is 44.1. The summed E-state index contributed by atoms with van der Waals surface area (Å²) in [6.45, 7) is 2.08.